The first kappa shape index (κ1) is 15.5. The van der Waals surface area contributed by atoms with E-state index in [1.807, 2.05) is 30.3 Å². The van der Waals surface area contributed by atoms with Gasteiger partial charge in [0, 0.05) is 42.4 Å². The molecule has 0 radical (unpaired) electrons. The maximum Gasteiger partial charge on any atom is 0.161 e. The van der Waals surface area contributed by atoms with Crippen LogP contribution in [0.25, 0.3) is 11.4 Å². The molecule has 2 heterocycles. The third-order valence-corrected chi connectivity index (χ3v) is 5.20. The molecule has 1 fully saturated rings. The molecular weight excluding hydrogens is 302 g/mol. The lowest BCUT2D eigenvalue weighted by Crippen LogP contribution is -2.45. The van der Waals surface area contributed by atoms with Crippen molar-refractivity contribution >= 4 is 5.82 Å². The number of β-amino-alcohol motifs (C(OH)–C–C–N with tert-alkyl or cyclic N) is 1. The lowest BCUT2D eigenvalue weighted by molar-refractivity contribution is 0.0545. The average Bonchev–Trinajstić information content (AvgIpc) is 3.10. The van der Waals surface area contributed by atoms with Gasteiger partial charge in [-0.15, -0.1) is 0 Å². The van der Waals surface area contributed by atoms with E-state index in [-0.39, 0.29) is 12.5 Å². The van der Waals surface area contributed by atoms with Crippen LogP contribution >= 0.6 is 0 Å². The highest BCUT2D eigenvalue weighted by atomic mass is 16.3. The van der Waals surface area contributed by atoms with Crippen molar-refractivity contribution in [1.82, 2.24) is 9.97 Å². The van der Waals surface area contributed by atoms with Crippen molar-refractivity contribution in [3.8, 4) is 11.4 Å². The zero-order valence-corrected chi connectivity index (χ0v) is 13.7. The quantitative estimate of drug-likeness (QED) is 0.901. The van der Waals surface area contributed by atoms with Gasteiger partial charge in [-0.05, 0) is 25.7 Å². The van der Waals surface area contributed by atoms with Crippen molar-refractivity contribution in [3.63, 3.8) is 0 Å². The van der Waals surface area contributed by atoms with Crippen molar-refractivity contribution in [2.24, 2.45) is 5.92 Å². The Bertz CT molecular complexity index is 720. The largest absolute Gasteiger partial charge is 0.396 e. The highest BCUT2D eigenvalue weighted by Gasteiger charge is 2.31. The van der Waals surface area contributed by atoms with Crippen molar-refractivity contribution in [3.05, 3.63) is 41.6 Å². The summed E-state index contributed by atoms with van der Waals surface area (Å²) in [5, 5.41) is 19.7. The van der Waals surface area contributed by atoms with Crippen LogP contribution < -0.4 is 4.90 Å². The maximum absolute atomic E-state index is 10.3. The molecule has 0 saturated carbocycles. The van der Waals surface area contributed by atoms with E-state index >= 15 is 0 Å². The van der Waals surface area contributed by atoms with E-state index in [1.165, 1.54) is 5.56 Å². The topological polar surface area (TPSA) is 69.5 Å². The number of aliphatic hydroxyl groups excluding tert-OH is 2. The molecule has 1 saturated heterocycles. The number of piperidine rings is 1. The normalized spacial score (nSPS) is 23.3. The molecule has 2 aliphatic rings. The number of rotatable bonds is 3. The molecule has 4 rings (SSSR count). The Labute approximate surface area is 142 Å². The summed E-state index contributed by atoms with van der Waals surface area (Å²) in [6.07, 6.45) is 3.41. The second-order valence-electron chi connectivity index (χ2n) is 6.76. The fraction of sp³-hybridized carbons (Fsp3) is 0.474. The van der Waals surface area contributed by atoms with E-state index in [0.29, 0.717) is 6.54 Å². The van der Waals surface area contributed by atoms with E-state index in [1.54, 1.807) is 0 Å². The van der Waals surface area contributed by atoms with Crippen molar-refractivity contribution in [2.75, 3.05) is 24.6 Å². The Morgan fingerprint density at radius 2 is 1.96 bits per heavy atom. The number of anilines is 1. The lowest BCUT2D eigenvalue weighted by Gasteiger charge is -2.36. The zero-order chi connectivity index (χ0) is 16.5. The molecule has 5 nitrogen and oxygen atoms in total. The van der Waals surface area contributed by atoms with Gasteiger partial charge in [0.05, 0.1) is 6.10 Å². The smallest absolute Gasteiger partial charge is 0.161 e. The fourth-order valence-electron chi connectivity index (χ4n) is 3.78. The molecule has 0 amide bonds. The molecule has 24 heavy (non-hydrogen) atoms. The summed E-state index contributed by atoms with van der Waals surface area (Å²) in [6.45, 7) is 1.40. The molecule has 1 aliphatic carbocycles. The molecule has 5 heteroatoms. The first-order chi connectivity index (χ1) is 11.8. The van der Waals surface area contributed by atoms with Gasteiger partial charge in [0.25, 0.3) is 0 Å². The van der Waals surface area contributed by atoms with Gasteiger partial charge in [0.15, 0.2) is 5.82 Å². The van der Waals surface area contributed by atoms with Crippen LogP contribution in [-0.2, 0) is 12.8 Å². The number of nitrogens with zero attached hydrogens (tertiary/aromatic N) is 3. The Kier molecular flexibility index (Phi) is 4.21. The van der Waals surface area contributed by atoms with Crippen LogP contribution in [0.4, 0.5) is 5.82 Å². The van der Waals surface area contributed by atoms with Crippen molar-refractivity contribution in [2.45, 2.75) is 31.8 Å². The SMILES string of the molecule is OC[C@H]1CCN(c2nc(-c3ccccc3)nc3c2CCC3)C[C@@H]1O. The number of aliphatic hydroxyl groups is 2. The third-order valence-electron chi connectivity index (χ3n) is 5.20. The standard InChI is InChI=1S/C19H23N3O2/c23-12-14-9-10-22(11-17(14)24)19-15-7-4-8-16(15)20-18(21-19)13-5-2-1-3-6-13/h1-3,5-6,14,17,23-24H,4,7-12H2/t14-,17+/m1/s1. The van der Waals surface area contributed by atoms with Crippen molar-refractivity contribution < 1.29 is 10.2 Å². The predicted molar refractivity (Wildman–Crippen MR) is 92.9 cm³/mol. The Hall–Kier alpha value is -1.98. The molecule has 1 aromatic heterocycles. The van der Waals surface area contributed by atoms with Crippen LogP contribution in [0.5, 0.6) is 0 Å². The summed E-state index contributed by atoms with van der Waals surface area (Å²) in [7, 11) is 0. The highest BCUT2D eigenvalue weighted by molar-refractivity contribution is 5.61. The van der Waals surface area contributed by atoms with Crippen LogP contribution in [0.15, 0.2) is 30.3 Å². The minimum Gasteiger partial charge on any atom is -0.396 e. The third kappa shape index (κ3) is 2.78. The lowest BCUT2D eigenvalue weighted by atomic mass is 9.94. The summed E-state index contributed by atoms with van der Waals surface area (Å²) in [4.78, 5) is 11.8. The molecule has 1 aliphatic heterocycles. The van der Waals surface area contributed by atoms with Crippen LogP contribution in [0.1, 0.15) is 24.1 Å². The zero-order valence-electron chi connectivity index (χ0n) is 13.7. The minimum absolute atomic E-state index is 0.0234. The van der Waals surface area contributed by atoms with Crippen LogP contribution in [0.2, 0.25) is 0 Å². The first-order valence-corrected chi connectivity index (χ1v) is 8.75. The van der Waals surface area contributed by atoms with E-state index < -0.39 is 6.10 Å². The molecule has 2 N–H and O–H groups in total. The summed E-state index contributed by atoms with van der Waals surface area (Å²) >= 11 is 0. The Morgan fingerprint density at radius 1 is 1.12 bits per heavy atom. The van der Waals surface area contributed by atoms with E-state index in [2.05, 4.69) is 4.90 Å². The second kappa shape index (κ2) is 6.49. The van der Waals surface area contributed by atoms with Gasteiger partial charge in [0.1, 0.15) is 5.82 Å². The van der Waals surface area contributed by atoms with Gasteiger partial charge >= 0.3 is 0 Å². The summed E-state index contributed by atoms with van der Waals surface area (Å²) in [5.74, 6) is 1.72. The molecular formula is C19H23N3O2. The Morgan fingerprint density at radius 3 is 2.71 bits per heavy atom. The van der Waals surface area contributed by atoms with E-state index in [4.69, 9.17) is 9.97 Å². The number of aryl methyl sites for hydroxylation is 1. The van der Waals surface area contributed by atoms with Crippen LogP contribution in [0.3, 0.4) is 0 Å². The summed E-state index contributed by atoms with van der Waals surface area (Å²) in [6, 6.07) is 10.1. The number of fused-ring (bicyclic) bond motifs is 1. The van der Waals surface area contributed by atoms with Gasteiger partial charge in [-0.25, -0.2) is 9.97 Å². The summed E-state index contributed by atoms with van der Waals surface area (Å²) < 4.78 is 0. The molecule has 2 atom stereocenters. The predicted octanol–water partition coefficient (Wildman–Crippen LogP) is 1.81. The summed E-state index contributed by atoms with van der Waals surface area (Å²) in [5.41, 5.74) is 3.42. The van der Waals surface area contributed by atoms with Gasteiger partial charge in [0.2, 0.25) is 0 Å². The van der Waals surface area contributed by atoms with Gasteiger partial charge in [-0.2, -0.15) is 0 Å². The van der Waals surface area contributed by atoms with E-state index in [0.717, 1.165) is 55.1 Å². The van der Waals surface area contributed by atoms with Gasteiger partial charge in [-0.1, -0.05) is 30.3 Å². The van der Waals surface area contributed by atoms with Crippen LogP contribution in [-0.4, -0.2) is 46.0 Å². The van der Waals surface area contributed by atoms with Crippen molar-refractivity contribution in [1.29, 1.82) is 0 Å². The molecule has 126 valence electrons. The first-order valence-electron chi connectivity index (χ1n) is 8.75. The monoisotopic (exact) mass is 325 g/mol. The average molecular weight is 325 g/mol. The number of aromatic nitrogens is 2. The Balaban J connectivity index is 1.71. The molecule has 0 spiro atoms. The molecule has 1 aromatic carbocycles. The molecule has 0 unspecified atom stereocenters. The van der Waals surface area contributed by atoms with E-state index in [9.17, 15) is 10.2 Å². The number of hydrogen-bond acceptors (Lipinski definition) is 5. The minimum atomic E-state index is -0.504. The van der Waals surface area contributed by atoms with Gasteiger partial charge in [-0.3, -0.25) is 0 Å². The van der Waals surface area contributed by atoms with Gasteiger partial charge < -0.3 is 15.1 Å². The molecule has 0 bridgehead atoms. The maximum atomic E-state index is 10.3. The highest BCUT2D eigenvalue weighted by Crippen LogP contribution is 2.33. The molecule has 2 aromatic rings. The van der Waals surface area contributed by atoms with Crippen LogP contribution in [0, 0.1) is 5.92 Å². The number of hydrogen-bond donors (Lipinski definition) is 2. The second-order valence-corrected chi connectivity index (χ2v) is 6.76. The fourth-order valence-corrected chi connectivity index (χ4v) is 3.78. The number of benzene rings is 1.